The predicted octanol–water partition coefficient (Wildman–Crippen LogP) is 3.27. The second-order valence-electron chi connectivity index (χ2n) is 7.40. The van der Waals surface area contributed by atoms with Crippen LogP contribution < -0.4 is 10.1 Å². The third-order valence-electron chi connectivity index (χ3n) is 6.09. The minimum Gasteiger partial charge on any atom is -0.497 e. The van der Waals surface area contributed by atoms with Crippen molar-refractivity contribution in [2.75, 3.05) is 19.5 Å². The van der Waals surface area contributed by atoms with Gasteiger partial charge in [0.25, 0.3) is 0 Å². The van der Waals surface area contributed by atoms with E-state index in [0.29, 0.717) is 6.42 Å². The maximum absolute atomic E-state index is 12.6. The molecule has 1 aromatic rings. The summed E-state index contributed by atoms with van der Waals surface area (Å²) in [6.07, 6.45) is 2.91. The van der Waals surface area contributed by atoms with Gasteiger partial charge in [0.1, 0.15) is 5.75 Å². The van der Waals surface area contributed by atoms with E-state index in [-0.39, 0.29) is 23.2 Å². The molecule has 1 saturated carbocycles. The lowest BCUT2D eigenvalue weighted by Gasteiger charge is -2.50. The number of benzene rings is 1. The van der Waals surface area contributed by atoms with E-state index in [9.17, 15) is 9.59 Å². The number of carbonyl (C=O) groups is 2. The fourth-order valence-corrected chi connectivity index (χ4v) is 4.74. The van der Waals surface area contributed by atoms with Gasteiger partial charge < -0.3 is 14.8 Å². The van der Waals surface area contributed by atoms with Crippen molar-refractivity contribution in [1.29, 1.82) is 0 Å². The molecule has 5 nitrogen and oxygen atoms in total. The summed E-state index contributed by atoms with van der Waals surface area (Å²) in [5.74, 6) is 0.375. The van der Waals surface area contributed by atoms with Crippen LogP contribution in [0.25, 0.3) is 0 Å². The average Bonchev–Trinajstić information content (AvgIpc) is 2.68. The molecular weight excluding hydrogens is 306 g/mol. The van der Waals surface area contributed by atoms with Crippen LogP contribution in [0.2, 0.25) is 0 Å². The summed E-state index contributed by atoms with van der Waals surface area (Å²) in [6, 6.07) is 5.74. The van der Waals surface area contributed by atoms with E-state index in [1.165, 1.54) is 7.11 Å². The highest BCUT2D eigenvalue weighted by atomic mass is 16.5. The van der Waals surface area contributed by atoms with E-state index < -0.39 is 5.41 Å². The number of carbonyl (C=O) groups excluding carboxylic acids is 2. The zero-order chi connectivity index (χ0) is 17.5. The van der Waals surface area contributed by atoms with Crippen molar-refractivity contribution in [2.45, 2.75) is 44.9 Å². The Bertz CT molecular complexity index is 686. The highest BCUT2D eigenvalue weighted by molar-refractivity contribution is 5.94. The Labute approximate surface area is 142 Å². The number of amides is 1. The molecule has 0 spiro atoms. The molecule has 3 unspecified atom stereocenters. The van der Waals surface area contributed by atoms with Crippen LogP contribution >= 0.6 is 0 Å². The topological polar surface area (TPSA) is 64.6 Å². The SMILES string of the molecule is COC(=O)C1(C)CCCC2(C)c3cc(OC)ccc3NC(=O)CC12. The van der Waals surface area contributed by atoms with Crippen LogP contribution in [0.3, 0.4) is 0 Å². The van der Waals surface area contributed by atoms with Crippen LogP contribution in [0.5, 0.6) is 5.75 Å². The summed E-state index contributed by atoms with van der Waals surface area (Å²) in [5, 5.41) is 3.00. The first-order valence-electron chi connectivity index (χ1n) is 8.42. The highest BCUT2D eigenvalue weighted by Crippen LogP contribution is 2.57. The molecule has 3 rings (SSSR count). The number of nitrogens with one attached hydrogen (secondary N) is 1. The molecule has 0 aromatic heterocycles. The first-order chi connectivity index (χ1) is 11.3. The molecule has 1 fully saturated rings. The summed E-state index contributed by atoms with van der Waals surface area (Å²) in [4.78, 5) is 25.1. The van der Waals surface area contributed by atoms with E-state index in [4.69, 9.17) is 9.47 Å². The zero-order valence-corrected chi connectivity index (χ0v) is 14.8. The second kappa shape index (κ2) is 5.80. The number of methoxy groups -OCH3 is 2. The van der Waals surface area contributed by atoms with Crippen molar-refractivity contribution >= 4 is 17.6 Å². The van der Waals surface area contributed by atoms with E-state index in [0.717, 1.165) is 36.3 Å². The molecule has 0 radical (unpaired) electrons. The maximum Gasteiger partial charge on any atom is 0.311 e. The molecule has 0 saturated heterocycles. The maximum atomic E-state index is 12.6. The fraction of sp³-hybridized carbons (Fsp3) is 0.579. The number of rotatable bonds is 2. The van der Waals surface area contributed by atoms with Crippen LogP contribution in [0.1, 0.15) is 45.1 Å². The Morgan fingerprint density at radius 1 is 1.25 bits per heavy atom. The standard InChI is InChI=1S/C19H25NO4/c1-18-8-5-9-19(2,17(22)24-4)15(18)11-16(21)20-14-7-6-12(23-3)10-13(14)18/h6-7,10,15H,5,8-9,11H2,1-4H3,(H,20,21). The molecule has 1 heterocycles. The Morgan fingerprint density at radius 2 is 2.00 bits per heavy atom. The lowest BCUT2D eigenvalue weighted by Crippen LogP contribution is -2.50. The minimum atomic E-state index is -0.663. The van der Waals surface area contributed by atoms with E-state index in [2.05, 4.69) is 12.2 Å². The van der Waals surface area contributed by atoms with Crippen molar-refractivity contribution < 1.29 is 19.1 Å². The molecule has 5 heteroatoms. The van der Waals surface area contributed by atoms with Crippen molar-refractivity contribution in [2.24, 2.45) is 11.3 Å². The molecule has 1 aliphatic heterocycles. The van der Waals surface area contributed by atoms with Gasteiger partial charge in [0.15, 0.2) is 0 Å². The van der Waals surface area contributed by atoms with Gasteiger partial charge in [0.2, 0.25) is 5.91 Å². The van der Waals surface area contributed by atoms with Gasteiger partial charge in [0.05, 0.1) is 19.6 Å². The van der Waals surface area contributed by atoms with Crippen molar-refractivity contribution in [3.05, 3.63) is 23.8 Å². The van der Waals surface area contributed by atoms with Gasteiger partial charge >= 0.3 is 5.97 Å². The Hall–Kier alpha value is -2.04. The lowest BCUT2D eigenvalue weighted by molar-refractivity contribution is -0.161. The summed E-state index contributed by atoms with van der Waals surface area (Å²) < 4.78 is 10.5. The quantitative estimate of drug-likeness (QED) is 0.845. The van der Waals surface area contributed by atoms with Crippen LogP contribution in [-0.2, 0) is 19.7 Å². The fourth-order valence-electron chi connectivity index (χ4n) is 4.74. The van der Waals surface area contributed by atoms with E-state index >= 15 is 0 Å². The number of esters is 1. The Morgan fingerprint density at radius 3 is 2.67 bits per heavy atom. The van der Waals surface area contributed by atoms with Crippen molar-refractivity contribution in [3.8, 4) is 5.75 Å². The Balaban J connectivity index is 2.19. The lowest BCUT2D eigenvalue weighted by atomic mass is 9.53. The summed E-state index contributed by atoms with van der Waals surface area (Å²) in [6.45, 7) is 4.11. The summed E-state index contributed by atoms with van der Waals surface area (Å²) in [7, 11) is 3.06. The van der Waals surface area contributed by atoms with Crippen molar-refractivity contribution in [1.82, 2.24) is 0 Å². The van der Waals surface area contributed by atoms with E-state index in [1.807, 2.05) is 25.1 Å². The monoisotopic (exact) mass is 331 g/mol. The van der Waals surface area contributed by atoms with Gasteiger partial charge in [0, 0.05) is 12.1 Å². The molecule has 24 heavy (non-hydrogen) atoms. The van der Waals surface area contributed by atoms with Gasteiger partial charge in [-0.2, -0.15) is 0 Å². The molecule has 0 bridgehead atoms. The van der Waals surface area contributed by atoms with Gasteiger partial charge in [-0.1, -0.05) is 13.3 Å². The largest absolute Gasteiger partial charge is 0.497 e. The molecule has 2 aliphatic rings. The van der Waals surface area contributed by atoms with Crippen molar-refractivity contribution in [3.63, 3.8) is 0 Å². The number of anilines is 1. The summed E-state index contributed by atoms with van der Waals surface area (Å²) >= 11 is 0. The van der Waals surface area contributed by atoms with Crippen LogP contribution in [-0.4, -0.2) is 26.1 Å². The summed E-state index contributed by atoms with van der Waals surface area (Å²) in [5.41, 5.74) is 0.918. The Kier molecular flexibility index (Phi) is 4.06. The number of hydrogen-bond donors (Lipinski definition) is 1. The average molecular weight is 331 g/mol. The number of ether oxygens (including phenoxy) is 2. The van der Waals surface area contributed by atoms with E-state index in [1.54, 1.807) is 7.11 Å². The first kappa shape index (κ1) is 16.8. The third kappa shape index (κ3) is 2.38. The second-order valence-corrected chi connectivity index (χ2v) is 7.40. The highest BCUT2D eigenvalue weighted by Gasteiger charge is 2.56. The molecule has 1 amide bonds. The third-order valence-corrected chi connectivity index (χ3v) is 6.09. The van der Waals surface area contributed by atoms with Crippen LogP contribution in [0, 0.1) is 11.3 Å². The van der Waals surface area contributed by atoms with Crippen LogP contribution in [0.4, 0.5) is 5.69 Å². The van der Waals surface area contributed by atoms with Crippen LogP contribution in [0.15, 0.2) is 18.2 Å². The molecule has 1 N–H and O–H groups in total. The number of fused-ring (bicyclic) bond motifs is 3. The molecule has 1 aromatic carbocycles. The van der Waals surface area contributed by atoms with Gasteiger partial charge in [-0.25, -0.2) is 0 Å². The molecule has 130 valence electrons. The van der Waals surface area contributed by atoms with Gasteiger partial charge in [-0.05, 0) is 54.9 Å². The zero-order valence-electron chi connectivity index (χ0n) is 14.8. The molecule has 1 aliphatic carbocycles. The van der Waals surface area contributed by atoms with Gasteiger partial charge in [-0.3, -0.25) is 9.59 Å². The van der Waals surface area contributed by atoms with Gasteiger partial charge in [-0.15, -0.1) is 0 Å². The predicted molar refractivity (Wildman–Crippen MR) is 91.1 cm³/mol. The normalized spacial score (nSPS) is 32.0. The molecular formula is C19H25NO4. The smallest absolute Gasteiger partial charge is 0.311 e. The molecule has 3 atom stereocenters. The first-order valence-corrected chi connectivity index (χ1v) is 8.42. The number of hydrogen-bond acceptors (Lipinski definition) is 4. The minimum absolute atomic E-state index is 0.0489.